The number of amides is 1. The van der Waals surface area contributed by atoms with Gasteiger partial charge in [-0.1, -0.05) is 18.2 Å². The monoisotopic (exact) mass is 410 g/mol. The Morgan fingerprint density at radius 2 is 1.60 bits per heavy atom. The van der Waals surface area contributed by atoms with E-state index >= 15 is 0 Å². The van der Waals surface area contributed by atoms with Crippen LogP contribution in [-0.2, 0) is 0 Å². The molecule has 3 aromatic rings. The summed E-state index contributed by atoms with van der Waals surface area (Å²) in [6.45, 7) is 1.65. The lowest BCUT2D eigenvalue weighted by molar-refractivity contribution is 0.0736. The number of carbonyl (C=O) groups is 1. The van der Waals surface area contributed by atoms with Crippen molar-refractivity contribution in [3.8, 4) is 17.0 Å². The zero-order valence-corrected chi connectivity index (χ0v) is 16.4. The van der Waals surface area contributed by atoms with E-state index in [9.17, 15) is 13.6 Å². The van der Waals surface area contributed by atoms with Crippen LogP contribution >= 0.6 is 0 Å². The molecule has 6 nitrogen and oxygen atoms in total. The van der Waals surface area contributed by atoms with Crippen molar-refractivity contribution in [3.05, 3.63) is 71.8 Å². The molecule has 1 aliphatic heterocycles. The Hall–Kier alpha value is -3.55. The number of aromatic nitrogens is 2. The van der Waals surface area contributed by atoms with Gasteiger partial charge in [0, 0.05) is 31.7 Å². The second-order valence-corrected chi connectivity index (χ2v) is 6.85. The number of nitrogens with zero attached hydrogens (tertiary/aromatic N) is 4. The zero-order chi connectivity index (χ0) is 21.1. The first-order valence-electron chi connectivity index (χ1n) is 9.54. The molecule has 0 bridgehead atoms. The topological polar surface area (TPSA) is 58.6 Å². The molecule has 1 saturated heterocycles. The number of anilines is 1. The maximum Gasteiger partial charge on any atom is 0.259 e. The molecule has 1 aliphatic rings. The normalized spacial score (nSPS) is 14.0. The number of para-hydroxylation sites is 1. The lowest BCUT2D eigenvalue weighted by Crippen LogP contribution is -2.49. The van der Waals surface area contributed by atoms with E-state index in [2.05, 4.69) is 10.2 Å². The molecule has 154 valence electrons. The van der Waals surface area contributed by atoms with E-state index in [0.29, 0.717) is 43.4 Å². The molecule has 30 heavy (non-hydrogen) atoms. The minimum absolute atomic E-state index is 0.336. The highest BCUT2D eigenvalue weighted by Gasteiger charge is 2.27. The third-order valence-corrected chi connectivity index (χ3v) is 5.10. The van der Waals surface area contributed by atoms with Crippen LogP contribution < -0.4 is 9.64 Å². The predicted molar refractivity (Wildman–Crippen MR) is 108 cm³/mol. The number of halogens is 2. The quantitative estimate of drug-likeness (QED) is 0.660. The largest absolute Gasteiger partial charge is 0.496 e. The van der Waals surface area contributed by atoms with Gasteiger partial charge >= 0.3 is 0 Å². The second-order valence-electron chi connectivity index (χ2n) is 6.85. The molecule has 2 aromatic carbocycles. The highest BCUT2D eigenvalue weighted by atomic mass is 19.1. The fraction of sp³-hybridized carbons (Fsp3) is 0.227. The molecule has 4 rings (SSSR count). The highest BCUT2D eigenvalue weighted by Crippen LogP contribution is 2.28. The van der Waals surface area contributed by atoms with Crippen LogP contribution in [0.25, 0.3) is 11.3 Å². The SMILES string of the molecule is COc1ccccc1-c1ccc(N2CCN(C(=O)c3c(F)cccc3F)CC2)nn1. The predicted octanol–water partition coefficient (Wildman–Crippen LogP) is 3.39. The summed E-state index contributed by atoms with van der Waals surface area (Å²) >= 11 is 0. The Morgan fingerprint density at radius 1 is 0.900 bits per heavy atom. The van der Waals surface area contributed by atoms with Crippen molar-refractivity contribution < 1.29 is 18.3 Å². The van der Waals surface area contributed by atoms with Crippen molar-refractivity contribution in [2.75, 3.05) is 38.2 Å². The number of methoxy groups -OCH3 is 1. The average molecular weight is 410 g/mol. The minimum atomic E-state index is -0.847. The summed E-state index contributed by atoms with van der Waals surface area (Å²) in [5.41, 5.74) is 1.04. The molecule has 8 heteroatoms. The highest BCUT2D eigenvalue weighted by molar-refractivity contribution is 5.95. The third kappa shape index (κ3) is 3.80. The van der Waals surface area contributed by atoms with Crippen LogP contribution in [0.5, 0.6) is 5.75 Å². The standard InChI is InChI=1S/C22H20F2N4O2/c1-30-19-8-3-2-5-15(19)18-9-10-20(26-25-18)27-11-13-28(14-12-27)22(29)21-16(23)6-4-7-17(21)24/h2-10H,11-14H2,1H3. The fourth-order valence-electron chi connectivity index (χ4n) is 3.49. The van der Waals surface area contributed by atoms with E-state index in [4.69, 9.17) is 4.74 Å². The summed E-state index contributed by atoms with van der Waals surface area (Å²) in [5.74, 6) is -0.937. The van der Waals surface area contributed by atoms with E-state index in [1.165, 1.54) is 11.0 Å². The molecule has 0 unspecified atom stereocenters. The van der Waals surface area contributed by atoms with Crippen LogP contribution in [0.2, 0.25) is 0 Å². The van der Waals surface area contributed by atoms with Crippen molar-refractivity contribution in [3.63, 3.8) is 0 Å². The molecular formula is C22H20F2N4O2. The van der Waals surface area contributed by atoms with Crippen LogP contribution in [0.1, 0.15) is 10.4 Å². The van der Waals surface area contributed by atoms with E-state index in [1.54, 1.807) is 7.11 Å². The van der Waals surface area contributed by atoms with Crippen molar-refractivity contribution in [2.24, 2.45) is 0 Å². The summed E-state index contributed by atoms with van der Waals surface area (Å²) in [5, 5.41) is 8.61. The molecule has 0 aliphatic carbocycles. The second kappa shape index (κ2) is 8.44. The van der Waals surface area contributed by atoms with Crippen LogP contribution in [0.4, 0.5) is 14.6 Å². The van der Waals surface area contributed by atoms with Gasteiger partial charge in [0.15, 0.2) is 5.82 Å². The van der Waals surface area contributed by atoms with Gasteiger partial charge in [-0.05, 0) is 36.4 Å². The summed E-state index contributed by atoms with van der Waals surface area (Å²) in [7, 11) is 1.61. The van der Waals surface area contributed by atoms with Gasteiger partial charge in [-0.3, -0.25) is 4.79 Å². The van der Waals surface area contributed by atoms with Gasteiger partial charge in [-0.25, -0.2) is 8.78 Å². The molecule has 0 atom stereocenters. The number of carbonyl (C=O) groups excluding carboxylic acids is 1. The fourth-order valence-corrected chi connectivity index (χ4v) is 3.49. The Bertz CT molecular complexity index is 1030. The van der Waals surface area contributed by atoms with Crippen molar-refractivity contribution in [2.45, 2.75) is 0 Å². The lowest BCUT2D eigenvalue weighted by atomic mass is 10.1. The van der Waals surface area contributed by atoms with Gasteiger partial charge in [0.1, 0.15) is 22.9 Å². The van der Waals surface area contributed by atoms with Gasteiger partial charge in [0.05, 0.1) is 12.8 Å². The van der Waals surface area contributed by atoms with E-state index in [1.807, 2.05) is 41.3 Å². The Morgan fingerprint density at radius 3 is 2.23 bits per heavy atom. The maximum absolute atomic E-state index is 13.9. The molecule has 1 aromatic heterocycles. The van der Waals surface area contributed by atoms with Crippen LogP contribution in [0.3, 0.4) is 0 Å². The number of rotatable bonds is 4. The van der Waals surface area contributed by atoms with Gasteiger partial charge in [0.25, 0.3) is 5.91 Å². The van der Waals surface area contributed by atoms with E-state index in [0.717, 1.165) is 17.7 Å². The number of hydrogen-bond donors (Lipinski definition) is 0. The smallest absolute Gasteiger partial charge is 0.259 e. The van der Waals surface area contributed by atoms with E-state index < -0.39 is 23.1 Å². The average Bonchev–Trinajstić information content (AvgIpc) is 2.79. The first-order chi connectivity index (χ1) is 14.6. The summed E-state index contributed by atoms with van der Waals surface area (Å²) in [6, 6.07) is 14.7. The van der Waals surface area contributed by atoms with Crippen LogP contribution in [0, 0.1) is 11.6 Å². The number of piperazine rings is 1. The van der Waals surface area contributed by atoms with Crippen molar-refractivity contribution >= 4 is 11.7 Å². The molecule has 0 N–H and O–H groups in total. The molecule has 1 fully saturated rings. The molecule has 1 amide bonds. The van der Waals surface area contributed by atoms with Gasteiger partial charge in [0.2, 0.25) is 0 Å². The number of hydrogen-bond acceptors (Lipinski definition) is 5. The number of ether oxygens (including phenoxy) is 1. The van der Waals surface area contributed by atoms with Crippen LogP contribution in [0.15, 0.2) is 54.6 Å². The van der Waals surface area contributed by atoms with E-state index in [-0.39, 0.29) is 0 Å². The first kappa shape index (κ1) is 19.8. The lowest BCUT2D eigenvalue weighted by Gasteiger charge is -2.35. The van der Waals surface area contributed by atoms with Crippen molar-refractivity contribution in [1.82, 2.24) is 15.1 Å². The molecule has 2 heterocycles. The molecule has 0 saturated carbocycles. The molecule has 0 spiro atoms. The summed E-state index contributed by atoms with van der Waals surface area (Å²) in [4.78, 5) is 16.0. The first-order valence-corrected chi connectivity index (χ1v) is 9.54. The summed E-state index contributed by atoms with van der Waals surface area (Å²) in [6.07, 6.45) is 0. The summed E-state index contributed by atoms with van der Waals surface area (Å²) < 4.78 is 33.2. The van der Waals surface area contributed by atoms with Gasteiger partial charge < -0.3 is 14.5 Å². The maximum atomic E-state index is 13.9. The Balaban J connectivity index is 1.44. The van der Waals surface area contributed by atoms with Crippen molar-refractivity contribution in [1.29, 1.82) is 0 Å². The minimum Gasteiger partial charge on any atom is -0.496 e. The molecular weight excluding hydrogens is 390 g/mol. The Labute approximate surface area is 172 Å². The van der Waals surface area contributed by atoms with Gasteiger partial charge in [-0.2, -0.15) is 0 Å². The number of benzene rings is 2. The molecule has 0 radical (unpaired) electrons. The Kier molecular flexibility index (Phi) is 5.56. The van der Waals surface area contributed by atoms with Crippen LogP contribution in [-0.4, -0.2) is 54.3 Å². The zero-order valence-electron chi connectivity index (χ0n) is 16.4. The van der Waals surface area contributed by atoms with Gasteiger partial charge in [-0.15, -0.1) is 10.2 Å². The third-order valence-electron chi connectivity index (χ3n) is 5.10.